The lowest BCUT2D eigenvalue weighted by atomic mass is 10.6. The van der Waals surface area contributed by atoms with E-state index in [0.29, 0.717) is 0 Å². The highest BCUT2D eigenvalue weighted by Crippen LogP contribution is 2.13. The molecule has 0 aromatic carbocycles. The van der Waals surface area contributed by atoms with Gasteiger partial charge >= 0.3 is 5.97 Å². The highest BCUT2D eigenvalue weighted by atomic mass is 32.2. The van der Waals surface area contributed by atoms with Crippen molar-refractivity contribution in [2.24, 2.45) is 0 Å². The second-order valence-electron chi connectivity index (χ2n) is 3.05. The predicted octanol–water partition coefficient (Wildman–Crippen LogP) is 0.198. The number of nitrogens with zero attached hydrogens (tertiary/aromatic N) is 1. The number of carbonyl (C=O) groups is 1. The van der Waals surface area contributed by atoms with Crippen molar-refractivity contribution in [3.8, 4) is 0 Å². The Labute approximate surface area is 94.3 Å². The van der Waals surface area contributed by atoms with Gasteiger partial charge in [-0.3, -0.25) is 4.79 Å². The van der Waals surface area contributed by atoms with Crippen LogP contribution in [-0.4, -0.2) is 43.9 Å². The van der Waals surface area contributed by atoms with E-state index in [1.54, 1.807) is 6.92 Å². The Morgan fingerprint density at radius 1 is 1.56 bits per heavy atom. The molecule has 1 N–H and O–H groups in total. The zero-order valence-electron chi connectivity index (χ0n) is 9.13. The van der Waals surface area contributed by atoms with Crippen molar-refractivity contribution in [2.75, 3.05) is 20.2 Å². The fourth-order valence-electron chi connectivity index (χ4n) is 1.19. The molecule has 0 unspecified atom stereocenters. The van der Waals surface area contributed by atoms with E-state index in [0.717, 1.165) is 4.31 Å². The van der Waals surface area contributed by atoms with Crippen LogP contribution in [-0.2, 0) is 19.6 Å². The Kier molecular flexibility index (Phi) is 4.08. The van der Waals surface area contributed by atoms with E-state index in [1.165, 1.54) is 25.6 Å². The third-order valence-corrected chi connectivity index (χ3v) is 4.01. The molecular weight excluding hydrogens is 232 g/mol. The first kappa shape index (κ1) is 12.7. The summed E-state index contributed by atoms with van der Waals surface area (Å²) in [5.41, 5.74) is 0. The van der Waals surface area contributed by atoms with Crippen molar-refractivity contribution in [3.05, 3.63) is 18.5 Å². The summed E-state index contributed by atoms with van der Waals surface area (Å²) in [7, 11) is -2.39. The highest BCUT2D eigenvalue weighted by Gasteiger charge is 2.25. The van der Waals surface area contributed by atoms with E-state index in [-0.39, 0.29) is 18.0 Å². The average Bonchev–Trinajstić information content (AvgIpc) is 2.78. The minimum absolute atomic E-state index is 0.137. The van der Waals surface area contributed by atoms with Crippen LogP contribution in [0, 0.1) is 0 Å². The summed E-state index contributed by atoms with van der Waals surface area (Å²) in [6.45, 7) is 1.59. The summed E-state index contributed by atoms with van der Waals surface area (Å²) in [5, 5.41) is 0. The van der Waals surface area contributed by atoms with Crippen LogP contribution >= 0.6 is 0 Å². The van der Waals surface area contributed by atoms with Crippen LogP contribution in [0.25, 0.3) is 0 Å². The van der Waals surface area contributed by atoms with Gasteiger partial charge in [0.15, 0.2) is 0 Å². The lowest BCUT2D eigenvalue weighted by Gasteiger charge is -2.17. The highest BCUT2D eigenvalue weighted by molar-refractivity contribution is 7.89. The molecule has 1 aromatic rings. The first-order valence-electron chi connectivity index (χ1n) is 4.72. The van der Waals surface area contributed by atoms with Crippen LogP contribution < -0.4 is 0 Å². The molecule has 0 aliphatic rings. The Morgan fingerprint density at radius 2 is 2.25 bits per heavy atom. The van der Waals surface area contributed by atoms with E-state index in [4.69, 9.17) is 0 Å². The third kappa shape index (κ3) is 2.61. The fraction of sp³-hybridized carbons (Fsp3) is 0.444. The number of aromatic nitrogens is 1. The molecule has 90 valence electrons. The van der Waals surface area contributed by atoms with Crippen LogP contribution in [0.1, 0.15) is 6.92 Å². The molecule has 0 bridgehead atoms. The molecule has 1 rings (SSSR count). The molecule has 0 saturated heterocycles. The van der Waals surface area contributed by atoms with Gasteiger partial charge in [0.05, 0.1) is 12.0 Å². The molecule has 7 heteroatoms. The number of H-pyrrole nitrogens is 1. The molecule has 0 aliphatic heterocycles. The number of aromatic amines is 1. The molecule has 16 heavy (non-hydrogen) atoms. The molecule has 0 radical (unpaired) electrons. The van der Waals surface area contributed by atoms with Crippen molar-refractivity contribution >= 4 is 16.0 Å². The number of sulfonamides is 1. The summed E-state index contributed by atoms with van der Waals surface area (Å²) >= 11 is 0. The average molecular weight is 246 g/mol. The standard InChI is InChI=1S/C9H14N2O4S/c1-3-11(7-9(12)15-2)16(13,14)8-4-5-10-6-8/h4-6,10H,3,7H2,1-2H3. The number of hydrogen-bond donors (Lipinski definition) is 1. The lowest BCUT2D eigenvalue weighted by Crippen LogP contribution is -2.35. The predicted molar refractivity (Wildman–Crippen MR) is 57.2 cm³/mol. The zero-order valence-corrected chi connectivity index (χ0v) is 9.95. The van der Waals surface area contributed by atoms with Gasteiger partial charge in [-0.2, -0.15) is 4.31 Å². The number of hydrogen-bond acceptors (Lipinski definition) is 4. The van der Waals surface area contributed by atoms with Gasteiger partial charge in [0.25, 0.3) is 0 Å². The normalized spacial score (nSPS) is 11.7. The first-order chi connectivity index (χ1) is 7.52. The SMILES string of the molecule is CCN(CC(=O)OC)S(=O)(=O)c1cc[nH]c1. The molecule has 0 aliphatic carbocycles. The van der Waals surface area contributed by atoms with Crippen molar-refractivity contribution in [3.63, 3.8) is 0 Å². The van der Waals surface area contributed by atoms with Crippen LogP contribution in [0.15, 0.2) is 23.4 Å². The molecule has 0 fully saturated rings. The zero-order chi connectivity index (χ0) is 12.2. The number of rotatable bonds is 5. The third-order valence-electron chi connectivity index (χ3n) is 2.09. The summed E-state index contributed by atoms with van der Waals surface area (Å²) in [5.74, 6) is -0.582. The largest absolute Gasteiger partial charge is 0.468 e. The Hall–Kier alpha value is -1.34. The summed E-state index contributed by atoms with van der Waals surface area (Å²) in [6.07, 6.45) is 2.88. The number of methoxy groups -OCH3 is 1. The van der Waals surface area contributed by atoms with Gasteiger partial charge in [-0.15, -0.1) is 0 Å². The van der Waals surface area contributed by atoms with Crippen LogP contribution in [0.3, 0.4) is 0 Å². The quantitative estimate of drug-likeness (QED) is 0.753. The fourth-order valence-corrected chi connectivity index (χ4v) is 2.56. The van der Waals surface area contributed by atoms with E-state index >= 15 is 0 Å². The van der Waals surface area contributed by atoms with Gasteiger partial charge in [0.1, 0.15) is 6.54 Å². The molecule has 0 spiro atoms. The van der Waals surface area contributed by atoms with Crippen LogP contribution in [0.4, 0.5) is 0 Å². The second-order valence-corrected chi connectivity index (χ2v) is 4.99. The minimum Gasteiger partial charge on any atom is -0.468 e. The molecule has 0 amide bonds. The van der Waals surface area contributed by atoms with Crippen molar-refractivity contribution in [2.45, 2.75) is 11.8 Å². The molecular formula is C9H14N2O4S. The van der Waals surface area contributed by atoms with Crippen molar-refractivity contribution in [1.29, 1.82) is 0 Å². The maximum absolute atomic E-state index is 12.0. The van der Waals surface area contributed by atoms with E-state index in [2.05, 4.69) is 9.72 Å². The number of ether oxygens (including phenoxy) is 1. The van der Waals surface area contributed by atoms with Gasteiger partial charge in [0, 0.05) is 18.9 Å². The molecule has 1 aromatic heterocycles. The number of likely N-dealkylation sites (N-methyl/N-ethyl adjacent to an activating group) is 1. The van der Waals surface area contributed by atoms with Gasteiger partial charge < -0.3 is 9.72 Å². The first-order valence-corrected chi connectivity index (χ1v) is 6.16. The minimum atomic E-state index is -3.61. The lowest BCUT2D eigenvalue weighted by molar-refractivity contribution is -0.140. The molecule has 1 heterocycles. The van der Waals surface area contributed by atoms with Gasteiger partial charge in [0.2, 0.25) is 10.0 Å². The smallest absolute Gasteiger partial charge is 0.321 e. The van der Waals surface area contributed by atoms with E-state index in [9.17, 15) is 13.2 Å². The van der Waals surface area contributed by atoms with Gasteiger partial charge in [-0.1, -0.05) is 6.92 Å². The maximum Gasteiger partial charge on any atom is 0.321 e. The monoisotopic (exact) mass is 246 g/mol. The summed E-state index contributed by atoms with van der Waals surface area (Å²) in [6, 6.07) is 1.44. The Bertz CT molecular complexity index is 438. The number of nitrogens with one attached hydrogen (secondary N) is 1. The molecule has 6 nitrogen and oxygen atoms in total. The molecule has 0 atom stereocenters. The van der Waals surface area contributed by atoms with Gasteiger partial charge in [-0.25, -0.2) is 8.42 Å². The molecule has 0 saturated carbocycles. The van der Waals surface area contributed by atoms with Crippen LogP contribution in [0.5, 0.6) is 0 Å². The second kappa shape index (κ2) is 5.13. The summed E-state index contributed by atoms with van der Waals surface area (Å²) in [4.78, 5) is 13.9. The Morgan fingerprint density at radius 3 is 2.69 bits per heavy atom. The number of esters is 1. The van der Waals surface area contributed by atoms with E-state index < -0.39 is 16.0 Å². The van der Waals surface area contributed by atoms with E-state index in [1.807, 2.05) is 0 Å². The van der Waals surface area contributed by atoms with Crippen molar-refractivity contribution < 1.29 is 17.9 Å². The Balaban J connectivity index is 2.92. The van der Waals surface area contributed by atoms with Crippen LogP contribution in [0.2, 0.25) is 0 Å². The maximum atomic E-state index is 12.0. The number of carbonyl (C=O) groups excluding carboxylic acids is 1. The van der Waals surface area contributed by atoms with Crippen molar-refractivity contribution in [1.82, 2.24) is 9.29 Å². The summed E-state index contributed by atoms with van der Waals surface area (Å²) < 4.78 is 29.4. The van der Waals surface area contributed by atoms with Gasteiger partial charge in [-0.05, 0) is 6.07 Å². The topological polar surface area (TPSA) is 79.5 Å².